The number of ether oxygens (including phenoxy) is 1. The van der Waals surface area contributed by atoms with Crippen molar-refractivity contribution in [3.05, 3.63) is 29.8 Å². The van der Waals surface area contributed by atoms with Crippen LogP contribution in [-0.2, 0) is 16.1 Å². The van der Waals surface area contributed by atoms with Crippen LogP contribution in [0.3, 0.4) is 0 Å². The smallest absolute Gasteiger partial charge is 0.406 e. The third-order valence-electron chi connectivity index (χ3n) is 2.75. The first-order chi connectivity index (χ1) is 9.83. The third kappa shape index (κ3) is 4.96. The lowest BCUT2D eigenvalue weighted by Gasteiger charge is -2.12. The molecule has 1 aromatic carbocycles. The first kappa shape index (κ1) is 15.7. The molecule has 2 rings (SSSR count). The number of nitrogens with one attached hydrogen (secondary N) is 1. The summed E-state index contributed by atoms with van der Waals surface area (Å²) in [5.74, 6) is -0.263. The molecular weight excluding hydrogens is 307 g/mol. The first-order valence-electron chi connectivity index (χ1n) is 6.09. The highest BCUT2D eigenvalue weighted by atomic mass is 32.2. The van der Waals surface area contributed by atoms with Crippen LogP contribution in [0, 0.1) is 0 Å². The Morgan fingerprint density at radius 2 is 2.19 bits per heavy atom. The van der Waals surface area contributed by atoms with Crippen LogP contribution in [0.25, 0.3) is 0 Å². The van der Waals surface area contributed by atoms with E-state index in [9.17, 15) is 22.8 Å². The molecule has 0 spiro atoms. The van der Waals surface area contributed by atoms with Crippen molar-refractivity contribution < 1.29 is 27.5 Å². The maximum atomic E-state index is 12.1. The van der Waals surface area contributed by atoms with Gasteiger partial charge in [0.15, 0.2) is 0 Å². The number of hydrogen-bond donors (Lipinski definition) is 1. The Morgan fingerprint density at radius 1 is 1.43 bits per heavy atom. The number of carbonyl (C=O) groups is 2. The highest BCUT2D eigenvalue weighted by Gasteiger charge is 2.31. The van der Waals surface area contributed by atoms with Crippen LogP contribution in [0.1, 0.15) is 12.0 Å². The molecule has 1 atom stereocenters. The lowest BCUT2D eigenvalue weighted by atomic mass is 10.2. The van der Waals surface area contributed by atoms with Crippen LogP contribution >= 0.6 is 11.8 Å². The average Bonchev–Trinajstić information content (AvgIpc) is 2.81. The van der Waals surface area contributed by atoms with Gasteiger partial charge in [-0.2, -0.15) is 0 Å². The van der Waals surface area contributed by atoms with E-state index in [2.05, 4.69) is 10.1 Å². The summed E-state index contributed by atoms with van der Waals surface area (Å²) in [4.78, 5) is 22.9. The molecule has 1 unspecified atom stereocenters. The Morgan fingerprint density at radius 3 is 2.81 bits per heavy atom. The van der Waals surface area contributed by atoms with Crippen LogP contribution in [-0.4, -0.2) is 29.1 Å². The van der Waals surface area contributed by atoms with E-state index in [1.165, 1.54) is 30.0 Å². The number of halogens is 3. The summed E-state index contributed by atoms with van der Waals surface area (Å²) in [6.45, 7) is 0.0825. The highest BCUT2D eigenvalue weighted by Crippen LogP contribution is 2.25. The number of amides is 1. The summed E-state index contributed by atoms with van der Waals surface area (Å²) in [6, 6.07) is 5.39. The second-order valence-electron chi connectivity index (χ2n) is 4.46. The van der Waals surface area contributed by atoms with Gasteiger partial charge in [0.05, 0.1) is 11.0 Å². The fraction of sp³-hybridized carbons (Fsp3) is 0.385. The Balaban J connectivity index is 1.89. The number of ketones is 1. The van der Waals surface area contributed by atoms with E-state index in [1.807, 2.05) is 0 Å². The highest BCUT2D eigenvalue weighted by molar-refractivity contribution is 8.01. The predicted molar refractivity (Wildman–Crippen MR) is 70.8 cm³/mol. The fourth-order valence-electron chi connectivity index (χ4n) is 1.84. The molecule has 1 N–H and O–H groups in total. The van der Waals surface area contributed by atoms with Crippen LogP contribution in [0.2, 0.25) is 0 Å². The van der Waals surface area contributed by atoms with Crippen molar-refractivity contribution in [2.24, 2.45) is 0 Å². The molecule has 21 heavy (non-hydrogen) atoms. The van der Waals surface area contributed by atoms with E-state index in [-0.39, 0.29) is 30.4 Å². The molecular formula is C13H12F3NO3S. The lowest BCUT2D eigenvalue weighted by molar-refractivity contribution is -0.274. The van der Waals surface area contributed by atoms with Crippen molar-refractivity contribution in [1.82, 2.24) is 5.32 Å². The van der Waals surface area contributed by atoms with E-state index in [0.717, 1.165) is 0 Å². The number of carbonyl (C=O) groups excluding carboxylic acids is 2. The lowest BCUT2D eigenvalue weighted by Crippen LogP contribution is -2.31. The minimum Gasteiger partial charge on any atom is -0.406 e. The fourth-order valence-corrected chi connectivity index (χ4v) is 2.89. The second-order valence-corrected chi connectivity index (χ2v) is 5.65. The summed E-state index contributed by atoms with van der Waals surface area (Å²) < 4.78 is 40.1. The van der Waals surface area contributed by atoms with Crippen LogP contribution < -0.4 is 10.1 Å². The number of Topliss-reactive ketones (excluding diaryl/α,β-unsaturated/α-hetero) is 1. The van der Waals surface area contributed by atoms with Gasteiger partial charge in [-0.1, -0.05) is 12.1 Å². The average molecular weight is 319 g/mol. The van der Waals surface area contributed by atoms with Gasteiger partial charge < -0.3 is 10.1 Å². The second kappa shape index (κ2) is 6.38. The SMILES string of the molecule is O=C1CSC(C(=O)NCc2cccc(OC(F)(F)F)c2)C1. The zero-order valence-corrected chi connectivity index (χ0v) is 11.6. The molecule has 1 amide bonds. The Hall–Kier alpha value is -1.70. The van der Waals surface area contributed by atoms with Crippen molar-refractivity contribution >= 4 is 23.5 Å². The molecule has 1 fully saturated rings. The van der Waals surface area contributed by atoms with Crippen LogP contribution in [0.4, 0.5) is 13.2 Å². The van der Waals surface area contributed by atoms with Crippen molar-refractivity contribution in [3.63, 3.8) is 0 Å². The molecule has 4 nitrogen and oxygen atoms in total. The van der Waals surface area contributed by atoms with Gasteiger partial charge in [0.1, 0.15) is 11.5 Å². The first-order valence-corrected chi connectivity index (χ1v) is 7.14. The summed E-state index contributed by atoms with van der Waals surface area (Å²) in [5, 5.41) is 2.19. The normalized spacial score (nSPS) is 18.6. The van der Waals surface area contributed by atoms with Crippen molar-refractivity contribution in [2.75, 3.05) is 5.75 Å². The molecule has 114 valence electrons. The molecule has 1 aliphatic rings. The standard InChI is InChI=1S/C13H12F3NO3S/c14-13(15,16)20-10-3-1-2-8(4-10)6-17-12(19)11-5-9(18)7-21-11/h1-4,11H,5-7H2,(H,17,19). The molecule has 0 bridgehead atoms. The number of benzene rings is 1. The Bertz CT molecular complexity index is 548. The third-order valence-corrected chi connectivity index (χ3v) is 4.02. The molecule has 1 heterocycles. The summed E-state index contributed by atoms with van der Waals surface area (Å²) >= 11 is 1.27. The van der Waals surface area contributed by atoms with Crippen LogP contribution in [0.5, 0.6) is 5.75 Å². The molecule has 8 heteroatoms. The maximum Gasteiger partial charge on any atom is 0.573 e. The van der Waals surface area contributed by atoms with Crippen molar-refractivity contribution in [3.8, 4) is 5.75 Å². The minimum atomic E-state index is -4.75. The summed E-state index contributed by atoms with van der Waals surface area (Å²) in [7, 11) is 0. The molecule has 0 aromatic heterocycles. The Kier molecular flexibility index (Phi) is 4.76. The van der Waals surface area contributed by atoms with E-state index in [1.54, 1.807) is 6.07 Å². The van der Waals surface area contributed by atoms with Gasteiger partial charge in [0.25, 0.3) is 0 Å². The number of hydrogen-bond acceptors (Lipinski definition) is 4. The van der Waals surface area contributed by atoms with Crippen molar-refractivity contribution in [1.29, 1.82) is 0 Å². The molecule has 1 aliphatic heterocycles. The van der Waals surface area contributed by atoms with Gasteiger partial charge in [-0.05, 0) is 17.7 Å². The van der Waals surface area contributed by atoms with E-state index in [4.69, 9.17) is 0 Å². The van der Waals surface area contributed by atoms with Gasteiger partial charge in [-0.15, -0.1) is 24.9 Å². The van der Waals surface area contributed by atoms with Gasteiger partial charge in [-0.3, -0.25) is 9.59 Å². The zero-order chi connectivity index (χ0) is 15.5. The monoisotopic (exact) mass is 319 g/mol. The van der Waals surface area contributed by atoms with Gasteiger partial charge in [0.2, 0.25) is 5.91 Å². The molecule has 1 aromatic rings. The molecule has 0 aliphatic carbocycles. The number of alkyl halides is 3. The largest absolute Gasteiger partial charge is 0.573 e. The topological polar surface area (TPSA) is 55.4 Å². The van der Waals surface area contributed by atoms with Gasteiger partial charge in [-0.25, -0.2) is 0 Å². The number of thioether (sulfide) groups is 1. The summed E-state index contributed by atoms with van der Waals surface area (Å²) in [6.07, 6.45) is -4.55. The van der Waals surface area contributed by atoms with E-state index in [0.29, 0.717) is 11.3 Å². The van der Waals surface area contributed by atoms with Gasteiger partial charge in [0, 0.05) is 13.0 Å². The quantitative estimate of drug-likeness (QED) is 0.925. The molecule has 0 saturated carbocycles. The van der Waals surface area contributed by atoms with Gasteiger partial charge >= 0.3 is 6.36 Å². The maximum absolute atomic E-state index is 12.1. The zero-order valence-electron chi connectivity index (χ0n) is 10.8. The number of rotatable bonds is 4. The summed E-state index contributed by atoms with van der Waals surface area (Å²) in [5.41, 5.74) is 0.486. The molecule has 1 saturated heterocycles. The Labute approximate surface area is 123 Å². The predicted octanol–water partition coefficient (Wildman–Crippen LogP) is 2.28. The van der Waals surface area contributed by atoms with E-state index < -0.39 is 11.6 Å². The minimum absolute atomic E-state index is 0.0284. The van der Waals surface area contributed by atoms with Crippen LogP contribution in [0.15, 0.2) is 24.3 Å². The van der Waals surface area contributed by atoms with Crippen molar-refractivity contribution in [2.45, 2.75) is 24.6 Å². The molecule has 0 radical (unpaired) electrons. The van der Waals surface area contributed by atoms with E-state index >= 15 is 0 Å².